The van der Waals surface area contributed by atoms with Crippen molar-refractivity contribution in [3.63, 3.8) is 0 Å². The predicted molar refractivity (Wildman–Crippen MR) is 138 cm³/mol. The summed E-state index contributed by atoms with van der Waals surface area (Å²) in [7, 11) is 0. The van der Waals surface area contributed by atoms with Gasteiger partial charge in [-0.3, -0.25) is 20.4 Å². The van der Waals surface area contributed by atoms with Gasteiger partial charge in [0.15, 0.2) is 0 Å². The molecule has 0 spiro atoms. The average molecular weight is 583 g/mol. The van der Waals surface area contributed by atoms with Gasteiger partial charge < -0.3 is 14.6 Å². The van der Waals surface area contributed by atoms with E-state index in [-0.39, 0.29) is 16.7 Å². The number of esters is 2. The Labute approximate surface area is 226 Å². The lowest BCUT2D eigenvalue weighted by molar-refractivity contribution is -0.159. The number of ether oxygens (including phenoxy) is 2. The van der Waals surface area contributed by atoms with Crippen LogP contribution in [0.2, 0.25) is 0 Å². The molecule has 3 aromatic rings. The first kappa shape index (κ1) is 28.1. The van der Waals surface area contributed by atoms with E-state index in [4.69, 9.17) is 9.47 Å². The van der Waals surface area contributed by atoms with E-state index in [2.05, 4.69) is 21.4 Å². The number of carboxylic acids is 1. The normalized spacial score (nSPS) is 12.0. The van der Waals surface area contributed by atoms with Crippen LogP contribution in [0.1, 0.15) is 42.2 Å². The summed E-state index contributed by atoms with van der Waals surface area (Å²) < 4.78 is 11.0. The second kappa shape index (κ2) is 12.6. The van der Waals surface area contributed by atoms with Crippen LogP contribution in [0.5, 0.6) is 0 Å². The summed E-state index contributed by atoms with van der Waals surface area (Å²) >= 11 is 3.24. The van der Waals surface area contributed by atoms with E-state index in [1.54, 1.807) is 50.2 Å². The molecule has 2 amide bonds. The lowest BCUT2D eigenvalue weighted by atomic mass is 10.1. The van der Waals surface area contributed by atoms with Crippen LogP contribution in [0, 0.1) is 13.8 Å². The van der Waals surface area contributed by atoms with Gasteiger partial charge in [-0.25, -0.2) is 14.4 Å². The largest absolute Gasteiger partial charge is 0.478 e. The molecule has 0 aromatic heterocycles. The molecule has 0 radical (unpaired) electrons. The maximum Gasteiger partial charge on any atom is 0.349 e. The van der Waals surface area contributed by atoms with E-state index in [9.17, 15) is 29.1 Å². The molecule has 0 aliphatic heterocycles. The zero-order valence-electron chi connectivity index (χ0n) is 20.3. The molecular weight excluding hydrogens is 560 g/mol. The Morgan fingerprint density at radius 3 is 1.53 bits per heavy atom. The minimum atomic E-state index is -2.23. The number of rotatable bonds is 8. The van der Waals surface area contributed by atoms with Crippen LogP contribution in [0.4, 0.5) is 0 Å². The average Bonchev–Trinajstić information content (AvgIpc) is 2.89. The molecule has 0 saturated carbocycles. The van der Waals surface area contributed by atoms with Crippen LogP contribution in [0.25, 0.3) is 0 Å². The number of aryl methyl sites for hydroxylation is 2. The number of hydrogen-bond acceptors (Lipinski definition) is 7. The molecule has 11 heteroatoms. The lowest BCUT2D eigenvalue weighted by Crippen LogP contribution is -2.54. The molecule has 0 saturated heterocycles. The predicted octanol–water partition coefficient (Wildman–Crippen LogP) is 3.36. The second-order valence-corrected chi connectivity index (χ2v) is 9.09. The highest BCUT2D eigenvalue weighted by Gasteiger charge is 2.41. The van der Waals surface area contributed by atoms with Gasteiger partial charge in [0.05, 0.1) is 11.1 Å². The maximum atomic E-state index is 13.0. The highest BCUT2D eigenvalue weighted by molar-refractivity contribution is 9.10. The number of hydrogen-bond donors (Lipinski definition) is 3. The molecule has 0 aliphatic carbocycles. The quantitative estimate of drug-likeness (QED) is 0.270. The minimum absolute atomic E-state index is 0.0226. The molecule has 0 heterocycles. The number of carbonyl (C=O) groups excluding carboxylic acids is 4. The standard InChI is InChI=1S/C27H23BrN2O8/c1-15-3-7-18(8-4-15)26(35)37-21(24(32)30-29-23(31)17-11-13-20(28)14-12-17)22(25(33)34)38-27(36)19-9-5-16(2)6-10-19/h3-14,21-22H,1-2H3,(H,29,31)(H,30,32)(H,33,34)/t21-,22+/m1/s1. The molecule has 3 N–H and O–H groups in total. The van der Waals surface area contributed by atoms with Gasteiger partial charge >= 0.3 is 17.9 Å². The van der Waals surface area contributed by atoms with Crippen LogP contribution in [0.3, 0.4) is 0 Å². The molecule has 38 heavy (non-hydrogen) atoms. The van der Waals surface area contributed by atoms with Crippen molar-refractivity contribution in [3.05, 3.63) is 105 Å². The monoisotopic (exact) mass is 582 g/mol. The summed E-state index contributed by atoms with van der Waals surface area (Å²) in [6.07, 6.45) is -4.39. The number of hydrazine groups is 1. The summed E-state index contributed by atoms with van der Waals surface area (Å²) in [4.78, 5) is 62.9. The van der Waals surface area contributed by atoms with E-state index in [1.165, 1.54) is 36.4 Å². The molecule has 0 unspecified atom stereocenters. The number of carboxylic acid groups (broad SMARTS) is 1. The topological polar surface area (TPSA) is 148 Å². The van der Waals surface area contributed by atoms with Crippen LogP contribution >= 0.6 is 15.9 Å². The number of benzene rings is 3. The first-order valence-electron chi connectivity index (χ1n) is 11.2. The van der Waals surface area contributed by atoms with Gasteiger partial charge in [0.1, 0.15) is 0 Å². The summed E-state index contributed by atoms with van der Waals surface area (Å²) in [5.41, 5.74) is 6.09. The molecule has 2 atom stereocenters. The smallest absolute Gasteiger partial charge is 0.349 e. The second-order valence-electron chi connectivity index (χ2n) is 8.17. The zero-order chi connectivity index (χ0) is 27.8. The number of halogens is 1. The van der Waals surface area contributed by atoms with Crippen molar-refractivity contribution in [1.82, 2.24) is 10.9 Å². The fourth-order valence-electron chi connectivity index (χ4n) is 3.10. The lowest BCUT2D eigenvalue weighted by Gasteiger charge is -2.23. The number of nitrogens with one attached hydrogen (secondary N) is 2. The van der Waals surface area contributed by atoms with Crippen LogP contribution in [-0.4, -0.2) is 47.0 Å². The third kappa shape index (κ3) is 7.50. The van der Waals surface area contributed by atoms with E-state index in [1.807, 2.05) is 5.43 Å². The van der Waals surface area contributed by atoms with Gasteiger partial charge in [-0.2, -0.15) is 0 Å². The van der Waals surface area contributed by atoms with Crippen LogP contribution < -0.4 is 10.9 Å². The molecule has 0 aliphatic rings. The molecule has 10 nitrogen and oxygen atoms in total. The summed E-state index contributed by atoms with van der Waals surface area (Å²) in [6.45, 7) is 3.59. The van der Waals surface area contributed by atoms with Crippen molar-refractivity contribution in [3.8, 4) is 0 Å². The van der Waals surface area contributed by atoms with Crippen molar-refractivity contribution >= 4 is 45.7 Å². The zero-order valence-corrected chi connectivity index (χ0v) is 21.9. The Morgan fingerprint density at radius 2 is 1.08 bits per heavy atom. The SMILES string of the molecule is Cc1ccc(C(=O)O[C@H](C(=O)O)[C@@H](OC(=O)c2ccc(C)cc2)C(=O)NNC(=O)c2ccc(Br)cc2)cc1. The van der Waals surface area contributed by atoms with E-state index in [0.29, 0.717) is 0 Å². The first-order valence-corrected chi connectivity index (χ1v) is 12.0. The van der Waals surface area contributed by atoms with Crippen molar-refractivity contribution in [2.24, 2.45) is 0 Å². The van der Waals surface area contributed by atoms with Gasteiger partial charge in [0, 0.05) is 10.0 Å². The minimum Gasteiger partial charge on any atom is -0.478 e. The Morgan fingerprint density at radius 1 is 0.658 bits per heavy atom. The van der Waals surface area contributed by atoms with Crippen molar-refractivity contribution < 1.29 is 38.6 Å². The van der Waals surface area contributed by atoms with Gasteiger partial charge in [-0.05, 0) is 62.4 Å². The Balaban J connectivity index is 1.84. The maximum absolute atomic E-state index is 13.0. The molecule has 3 aromatic carbocycles. The summed E-state index contributed by atoms with van der Waals surface area (Å²) in [6, 6.07) is 18.3. The fraction of sp³-hybridized carbons (Fsp3) is 0.148. The number of aliphatic carboxylic acids is 1. The molecular formula is C27H23BrN2O8. The van der Waals surface area contributed by atoms with Crippen molar-refractivity contribution in [2.45, 2.75) is 26.1 Å². The van der Waals surface area contributed by atoms with E-state index in [0.717, 1.165) is 15.6 Å². The summed E-state index contributed by atoms with van der Waals surface area (Å²) in [5.74, 6) is -5.80. The molecule has 196 valence electrons. The van der Waals surface area contributed by atoms with Gasteiger partial charge in [-0.1, -0.05) is 51.3 Å². The van der Waals surface area contributed by atoms with Gasteiger partial charge in [-0.15, -0.1) is 0 Å². The Bertz CT molecular complexity index is 1340. The highest BCUT2D eigenvalue weighted by Crippen LogP contribution is 2.15. The van der Waals surface area contributed by atoms with Gasteiger partial charge in [0.25, 0.3) is 11.8 Å². The Hall–Kier alpha value is -4.51. The molecule has 0 bridgehead atoms. The van der Waals surface area contributed by atoms with Crippen molar-refractivity contribution in [2.75, 3.05) is 0 Å². The molecule has 0 fully saturated rings. The van der Waals surface area contributed by atoms with Crippen LogP contribution in [-0.2, 0) is 19.1 Å². The van der Waals surface area contributed by atoms with Gasteiger partial charge in [0.2, 0.25) is 12.2 Å². The Kier molecular flexibility index (Phi) is 9.33. The van der Waals surface area contributed by atoms with E-state index < -0.39 is 41.9 Å². The summed E-state index contributed by atoms with van der Waals surface area (Å²) in [5, 5.41) is 9.79. The van der Waals surface area contributed by atoms with E-state index >= 15 is 0 Å². The van der Waals surface area contributed by atoms with Crippen molar-refractivity contribution in [1.29, 1.82) is 0 Å². The van der Waals surface area contributed by atoms with Crippen LogP contribution in [0.15, 0.2) is 77.3 Å². The fourth-order valence-corrected chi connectivity index (χ4v) is 3.37. The third-order valence-corrected chi connectivity index (χ3v) is 5.75. The molecule has 3 rings (SSSR count). The number of amides is 2. The highest BCUT2D eigenvalue weighted by atomic mass is 79.9. The first-order chi connectivity index (χ1) is 18.0. The number of carbonyl (C=O) groups is 5. The third-order valence-electron chi connectivity index (χ3n) is 5.22.